The van der Waals surface area contributed by atoms with Crippen molar-refractivity contribution in [2.45, 2.75) is 31.6 Å². The van der Waals surface area contributed by atoms with E-state index in [1.165, 1.54) is 11.3 Å². The van der Waals surface area contributed by atoms with Crippen LogP contribution in [-0.4, -0.2) is 40.2 Å². The molecule has 5 nitrogen and oxygen atoms in total. The van der Waals surface area contributed by atoms with Gasteiger partial charge in [0, 0.05) is 24.0 Å². The quantitative estimate of drug-likeness (QED) is 0.465. The van der Waals surface area contributed by atoms with Crippen LogP contribution in [0.3, 0.4) is 0 Å². The Morgan fingerprint density at radius 2 is 1.40 bits per heavy atom. The minimum atomic E-state index is -0.666. The molecular formula is C24H28N2O3S. The molecule has 3 aromatic rings. The fraction of sp³-hybridized carbons (Fsp3) is 0.292. The first-order valence-electron chi connectivity index (χ1n) is 10.0. The fourth-order valence-corrected chi connectivity index (χ4v) is 4.46. The van der Waals surface area contributed by atoms with Crippen molar-refractivity contribution in [3.8, 4) is 0 Å². The predicted octanol–water partition coefficient (Wildman–Crippen LogP) is 3.55. The fourth-order valence-electron chi connectivity index (χ4n) is 3.48. The first-order valence-corrected chi connectivity index (χ1v) is 10.8. The summed E-state index contributed by atoms with van der Waals surface area (Å²) in [5.41, 5.74) is 7.06. The highest BCUT2D eigenvalue weighted by Crippen LogP contribution is 2.23. The highest BCUT2D eigenvalue weighted by Gasteiger charge is 2.23. The van der Waals surface area contributed by atoms with Crippen LogP contribution in [0.4, 0.5) is 0 Å². The second-order valence-corrected chi connectivity index (χ2v) is 8.66. The number of amides is 1. The van der Waals surface area contributed by atoms with Gasteiger partial charge >= 0.3 is 0 Å². The van der Waals surface area contributed by atoms with E-state index in [4.69, 9.17) is 5.73 Å². The van der Waals surface area contributed by atoms with Gasteiger partial charge in [-0.1, -0.05) is 60.7 Å². The Balaban J connectivity index is 1.75. The molecule has 0 saturated heterocycles. The molecule has 158 valence electrons. The monoisotopic (exact) mass is 424 g/mol. The van der Waals surface area contributed by atoms with Crippen molar-refractivity contribution in [3.63, 3.8) is 0 Å². The van der Waals surface area contributed by atoms with Gasteiger partial charge in [-0.25, -0.2) is 0 Å². The van der Waals surface area contributed by atoms with Gasteiger partial charge in [0.2, 0.25) is 0 Å². The number of thiophene rings is 1. The van der Waals surface area contributed by atoms with Crippen molar-refractivity contribution in [2.24, 2.45) is 5.73 Å². The van der Waals surface area contributed by atoms with Gasteiger partial charge in [0.25, 0.3) is 5.91 Å². The predicted molar refractivity (Wildman–Crippen MR) is 120 cm³/mol. The molecule has 0 saturated carbocycles. The van der Waals surface area contributed by atoms with Crippen molar-refractivity contribution < 1.29 is 15.0 Å². The number of carbonyl (C=O) groups excluding carboxylic acids is 1. The van der Waals surface area contributed by atoms with Crippen molar-refractivity contribution in [2.75, 3.05) is 13.1 Å². The smallest absolute Gasteiger partial charge is 0.258 e. The van der Waals surface area contributed by atoms with Crippen LogP contribution in [0.5, 0.6) is 0 Å². The van der Waals surface area contributed by atoms with Crippen molar-refractivity contribution >= 4 is 17.2 Å². The molecule has 6 heteroatoms. The molecule has 0 aliphatic rings. The van der Waals surface area contributed by atoms with E-state index in [-0.39, 0.29) is 6.04 Å². The summed E-state index contributed by atoms with van der Waals surface area (Å²) in [5, 5.41) is 21.6. The van der Waals surface area contributed by atoms with Crippen LogP contribution in [0, 0.1) is 0 Å². The number of hydrogen-bond donors (Lipinski definition) is 3. The lowest BCUT2D eigenvalue weighted by atomic mass is 10.0. The molecule has 2 aromatic carbocycles. The van der Waals surface area contributed by atoms with Crippen molar-refractivity contribution in [1.29, 1.82) is 0 Å². The number of primary amides is 1. The lowest BCUT2D eigenvalue weighted by Gasteiger charge is -2.32. The van der Waals surface area contributed by atoms with Crippen LogP contribution in [0.15, 0.2) is 72.8 Å². The SMILES string of the molecule is CC(Cc1ccc(C(N)=O)s1)N(C[C@H](O)c1ccccc1)C[C@H](O)c1ccccc1. The maximum atomic E-state index is 11.4. The van der Waals surface area contributed by atoms with E-state index in [2.05, 4.69) is 11.8 Å². The second kappa shape index (κ2) is 10.5. The molecule has 4 N–H and O–H groups in total. The molecular weight excluding hydrogens is 396 g/mol. The van der Waals surface area contributed by atoms with E-state index in [9.17, 15) is 15.0 Å². The van der Waals surface area contributed by atoms with Crippen molar-refractivity contribution in [1.82, 2.24) is 4.90 Å². The van der Waals surface area contributed by atoms with Gasteiger partial charge < -0.3 is 15.9 Å². The molecule has 3 atom stereocenters. The van der Waals surface area contributed by atoms with E-state index in [0.29, 0.717) is 24.4 Å². The summed E-state index contributed by atoms with van der Waals surface area (Å²) in [6, 6.07) is 22.8. The summed E-state index contributed by atoms with van der Waals surface area (Å²) in [5.74, 6) is -0.422. The number of nitrogens with zero attached hydrogens (tertiary/aromatic N) is 1. The second-order valence-electron chi connectivity index (χ2n) is 7.49. The first kappa shape index (κ1) is 22.2. The average Bonchev–Trinajstić information content (AvgIpc) is 3.23. The molecule has 30 heavy (non-hydrogen) atoms. The van der Waals surface area contributed by atoms with Crippen molar-refractivity contribution in [3.05, 3.63) is 93.7 Å². The van der Waals surface area contributed by atoms with E-state index in [1.807, 2.05) is 66.7 Å². The maximum Gasteiger partial charge on any atom is 0.258 e. The lowest BCUT2D eigenvalue weighted by Crippen LogP contribution is -2.40. The Bertz CT molecular complexity index is 882. The summed E-state index contributed by atoms with van der Waals surface area (Å²) < 4.78 is 0. The Hall–Kier alpha value is -2.51. The van der Waals surface area contributed by atoms with E-state index in [0.717, 1.165) is 16.0 Å². The zero-order valence-corrected chi connectivity index (χ0v) is 17.8. The minimum absolute atomic E-state index is 0.0427. The molecule has 0 aliphatic heterocycles. The van der Waals surface area contributed by atoms with Gasteiger partial charge in [-0.05, 0) is 36.6 Å². The van der Waals surface area contributed by atoms with Gasteiger partial charge in [-0.2, -0.15) is 0 Å². The average molecular weight is 425 g/mol. The minimum Gasteiger partial charge on any atom is -0.387 e. The molecule has 0 aliphatic carbocycles. The molecule has 0 fully saturated rings. The number of rotatable bonds is 10. The Labute approximate surface area is 181 Å². The number of aliphatic hydroxyl groups excluding tert-OH is 2. The molecule has 0 radical (unpaired) electrons. The highest BCUT2D eigenvalue weighted by molar-refractivity contribution is 7.14. The Kier molecular flexibility index (Phi) is 7.76. The van der Waals surface area contributed by atoms with Crippen LogP contribution < -0.4 is 5.73 Å². The van der Waals surface area contributed by atoms with Gasteiger partial charge in [0.15, 0.2) is 0 Å². The van der Waals surface area contributed by atoms with Crippen LogP contribution in [0.25, 0.3) is 0 Å². The molecule has 1 unspecified atom stereocenters. The Morgan fingerprint density at radius 3 is 1.83 bits per heavy atom. The zero-order valence-electron chi connectivity index (χ0n) is 17.0. The number of hydrogen-bond acceptors (Lipinski definition) is 5. The standard InChI is InChI=1S/C24H28N2O3S/c1-17(14-20-12-13-23(30-20)24(25)29)26(15-21(27)18-8-4-2-5-9-18)16-22(28)19-10-6-3-7-11-19/h2-13,17,21-22,27-28H,14-16H2,1H3,(H2,25,29)/t17?,21-,22-/m0/s1. The molecule has 0 bridgehead atoms. The third-order valence-corrected chi connectivity index (χ3v) is 6.33. The number of aliphatic hydroxyl groups is 2. The zero-order chi connectivity index (χ0) is 21.5. The molecule has 0 spiro atoms. The molecule has 1 amide bonds. The van der Waals surface area contributed by atoms with Crippen LogP contribution in [0.1, 0.15) is 44.8 Å². The number of benzene rings is 2. The van der Waals surface area contributed by atoms with Gasteiger partial charge in [-0.15, -0.1) is 11.3 Å². The van der Waals surface area contributed by atoms with Crippen LogP contribution in [-0.2, 0) is 6.42 Å². The topological polar surface area (TPSA) is 86.8 Å². The highest BCUT2D eigenvalue weighted by atomic mass is 32.1. The van der Waals surface area contributed by atoms with E-state index < -0.39 is 18.1 Å². The van der Waals surface area contributed by atoms with Gasteiger partial charge in [0.05, 0.1) is 17.1 Å². The van der Waals surface area contributed by atoms with E-state index >= 15 is 0 Å². The van der Waals surface area contributed by atoms with Crippen LogP contribution >= 0.6 is 11.3 Å². The van der Waals surface area contributed by atoms with Gasteiger partial charge in [0.1, 0.15) is 0 Å². The molecule has 1 aromatic heterocycles. The third kappa shape index (κ3) is 6.00. The van der Waals surface area contributed by atoms with Crippen LogP contribution in [0.2, 0.25) is 0 Å². The summed E-state index contributed by atoms with van der Waals surface area (Å²) in [6.07, 6.45) is -0.636. The third-order valence-electron chi connectivity index (χ3n) is 5.21. The van der Waals surface area contributed by atoms with E-state index in [1.54, 1.807) is 6.07 Å². The largest absolute Gasteiger partial charge is 0.387 e. The Morgan fingerprint density at radius 1 is 0.900 bits per heavy atom. The lowest BCUT2D eigenvalue weighted by molar-refractivity contribution is 0.0482. The first-order chi connectivity index (χ1) is 14.4. The summed E-state index contributed by atoms with van der Waals surface area (Å²) in [7, 11) is 0. The summed E-state index contributed by atoms with van der Waals surface area (Å²) in [4.78, 5) is 15.1. The number of carbonyl (C=O) groups is 1. The number of nitrogens with two attached hydrogens (primary N) is 1. The van der Waals surface area contributed by atoms with Gasteiger partial charge in [-0.3, -0.25) is 9.69 Å². The molecule has 3 rings (SSSR count). The summed E-state index contributed by atoms with van der Waals surface area (Å²) >= 11 is 1.39. The molecule has 1 heterocycles. The normalized spacial score (nSPS) is 14.4. The summed E-state index contributed by atoms with van der Waals surface area (Å²) in [6.45, 7) is 2.85. The maximum absolute atomic E-state index is 11.4.